The van der Waals surface area contributed by atoms with E-state index in [1.807, 2.05) is 23.8 Å². The molecule has 0 spiro atoms. The van der Waals surface area contributed by atoms with E-state index in [0.29, 0.717) is 10.7 Å². The molecule has 2 heterocycles. The van der Waals surface area contributed by atoms with Crippen molar-refractivity contribution >= 4 is 35.2 Å². The molecule has 0 aliphatic carbocycles. The fourth-order valence-corrected chi connectivity index (χ4v) is 2.63. The summed E-state index contributed by atoms with van der Waals surface area (Å²) in [4.78, 5) is 16.3. The van der Waals surface area contributed by atoms with Gasteiger partial charge in [-0.1, -0.05) is 11.6 Å². The quantitative estimate of drug-likeness (QED) is 0.711. The second-order valence-corrected chi connectivity index (χ2v) is 5.04. The van der Waals surface area contributed by atoms with Gasteiger partial charge in [0.25, 0.3) is 18.0 Å². The average Bonchev–Trinajstić information content (AvgIpc) is 2.69. The Bertz CT molecular complexity index is 592. The highest BCUT2D eigenvalue weighted by molar-refractivity contribution is 6.46. The zero-order valence-corrected chi connectivity index (χ0v) is 10.7. The molecule has 0 aromatic heterocycles. The first-order valence-electron chi connectivity index (χ1n) is 5.88. The number of hydrogen-bond donors (Lipinski definition) is 1. The van der Waals surface area contributed by atoms with Crippen LogP contribution in [0.1, 0.15) is 12.0 Å². The van der Waals surface area contributed by atoms with Crippen molar-refractivity contribution in [3.05, 3.63) is 28.8 Å². The number of benzene rings is 1. The number of aryl methyl sites for hydroxylation is 1. The molecule has 0 radical (unpaired) electrons. The minimum absolute atomic E-state index is 0.0668. The molecule has 4 nitrogen and oxygen atoms in total. The SMILES string of the molecule is C[N+]1=CN=C2C(=O)Nc3ccc(Cl)cc3CCC21. The molecule has 5 heteroatoms. The molecule has 0 fully saturated rings. The average molecular weight is 263 g/mol. The van der Waals surface area contributed by atoms with E-state index < -0.39 is 0 Å². The van der Waals surface area contributed by atoms with Crippen LogP contribution in [0.25, 0.3) is 0 Å². The predicted octanol–water partition coefficient (Wildman–Crippen LogP) is 1.72. The van der Waals surface area contributed by atoms with Crippen LogP contribution in [-0.2, 0) is 11.2 Å². The van der Waals surface area contributed by atoms with Gasteiger partial charge >= 0.3 is 0 Å². The maximum absolute atomic E-state index is 12.1. The van der Waals surface area contributed by atoms with E-state index in [0.717, 1.165) is 24.1 Å². The maximum Gasteiger partial charge on any atom is 0.300 e. The van der Waals surface area contributed by atoms with Crippen molar-refractivity contribution in [2.24, 2.45) is 4.99 Å². The number of carbonyl (C=O) groups is 1. The number of amides is 1. The van der Waals surface area contributed by atoms with Crippen molar-refractivity contribution in [1.82, 2.24) is 0 Å². The van der Waals surface area contributed by atoms with Crippen LogP contribution in [0.15, 0.2) is 23.2 Å². The van der Waals surface area contributed by atoms with Crippen molar-refractivity contribution in [1.29, 1.82) is 0 Å². The summed E-state index contributed by atoms with van der Waals surface area (Å²) in [5.74, 6) is -0.121. The lowest BCUT2D eigenvalue weighted by Crippen LogP contribution is -2.38. The molecule has 0 saturated carbocycles. The highest BCUT2D eigenvalue weighted by atomic mass is 35.5. The standard InChI is InChI=1S/C13H12ClN3O/c1-17-7-15-12-11(17)5-2-8-6-9(14)3-4-10(8)16-13(12)18/h3-4,6-7,11H,2,5H2,1H3/p+1. The number of fused-ring (bicyclic) bond motifs is 2. The Kier molecular flexibility index (Phi) is 2.67. The van der Waals surface area contributed by atoms with E-state index >= 15 is 0 Å². The van der Waals surface area contributed by atoms with Crippen molar-refractivity contribution in [2.45, 2.75) is 18.9 Å². The number of rotatable bonds is 0. The number of hydrogen-bond acceptors (Lipinski definition) is 2. The summed E-state index contributed by atoms with van der Waals surface area (Å²) in [7, 11) is 1.94. The van der Waals surface area contributed by atoms with Crippen LogP contribution < -0.4 is 5.32 Å². The third-order valence-electron chi connectivity index (χ3n) is 3.42. The van der Waals surface area contributed by atoms with E-state index in [2.05, 4.69) is 10.3 Å². The number of carbonyl (C=O) groups excluding carboxylic acids is 1. The summed E-state index contributed by atoms with van der Waals surface area (Å²) >= 11 is 5.99. The van der Waals surface area contributed by atoms with Crippen molar-refractivity contribution in [3.63, 3.8) is 0 Å². The summed E-state index contributed by atoms with van der Waals surface area (Å²) in [6.07, 6.45) is 3.45. The van der Waals surface area contributed by atoms with Gasteiger partial charge in [0.15, 0.2) is 6.04 Å². The fraction of sp³-hybridized carbons (Fsp3) is 0.308. The molecule has 3 rings (SSSR count). The second-order valence-electron chi connectivity index (χ2n) is 4.61. The monoisotopic (exact) mass is 262 g/mol. The molecule has 1 atom stereocenters. The minimum Gasteiger partial charge on any atom is -0.319 e. The summed E-state index contributed by atoms with van der Waals surface area (Å²) in [6, 6.07) is 5.61. The molecule has 1 aromatic rings. The molecular weight excluding hydrogens is 250 g/mol. The lowest BCUT2D eigenvalue weighted by Gasteiger charge is -2.18. The topological polar surface area (TPSA) is 44.5 Å². The zero-order chi connectivity index (χ0) is 12.7. The first-order chi connectivity index (χ1) is 8.65. The Balaban J connectivity index is 2.00. The largest absolute Gasteiger partial charge is 0.319 e. The Morgan fingerprint density at radius 3 is 3.17 bits per heavy atom. The highest BCUT2D eigenvalue weighted by Gasteiger charge is 2.36. The van der Waals surface area contributed by atoms with Gasteiger partial charge in [-0.05, 0) is 35.2 Å². The van der Waals surface area contributed by atoms with Gasteiger partial charge in [0.2, 0.25) is 0 Å². The predicted molar refractivity (Wildman–Crippen MR) is 71.9 cm³/mol. The van der Waals surface area contributed by atoms with Crippen molar-refractivity contribution in [3.8, 4) is 0 Å². The number of anilines is 1. The van der Waals surface area contributed by atoms with E-state index in [1.165, 1.54) is 0 Å². The van der Waals surface area contributed by atoms with E-state index in [4.69, 9.17) is 11.6 Å². The van der Waals surface area contributed by atoms with Crippen molar-refractivity contribution < 1.29 is 9.37 Å². The van der Waals surface area contributed by atoms with Gasteiger partial charge in [-0.3, -0.25) is 9.37 Å². The molecule has 18 heavy (non-hydrogen) atoms. The van der Waals surface area contributed by atoms with Crippen LogP contribution in [0.5, 0.6) is 0 Å². The molecule has 0 saturated heterocycles. The molecule has 1 aromatic carbocycles. The lowest BCUT2D eigenvalue weighted by atomic mass is 9.97. The van der Waals surface area contributed by atoms with Gasteiger partial charge < -0.3 is 5.32 Å². The Labute approximate surface area is 110 Å². The van der Waals surface area contributed by atoms with Gasteiger partial charge in [0, 0.05) is 17.1 Å². The smallest absolute Gasteiger partial charge is 0.300 e. The normalized spacial score (nSPS) is 22.1. The summed E-state index contributed by atoms with van der Waals surface area (Å²) in [5, 5.41) is 3.60. The lowest BCUT2D eigenvalue weighted by molar-refractivity contribution is -0.512. The van der Waals surface area contributed by atoms with Crippen molar-refractivity contribution in [2.75, 3.05) is 12.4 Å². The molecule has 1 amide bonds. The third-order valence-corrected chi connectivity index (χ3v) is 3.66. The van der Waals surface area contributed by atoms with Crippen LogP contribution >= 0.6 is 11.6 Å². The molecule has 2 aliphatic heterocycles. The number of halogens is 1. The number of nitrogens with zero attached hydrogens (tertiary/aromatic N) is 2. The first-order valence-corrected chi connectivity index (χ1v) is 6.25. The van der Waals surface area contributed by atoms with Gasteiger partial charge in [-0.2, -0.15) is 0 Å². The summed E-state index contributed by atoms with van der Waals surface area (Å²) in [6.45, 7) is 0. The maximum atomic E-state index is 12.1. The molecule has 92 valence electrons. The summed E-state index contributed by atoms with van der Waals surface area (Å²) < 4.78 is 1.98. The number of nitrogens with one attached hydrogen (secondary N) is 1. The van der Waals surface area contributed by atoms with Crippen LogP contribution in [0, 0.1) is 0 Å². The second kappa shape index (κ2) is 4.21. The van der Waals surface area contributed by atoms with Crippen LogP contribution in [0.3, 0.4) is 0 Å². The Morgan fingerprint density at radius 1 is 1.50 bits per heavy atom. The summed E-state index contributed by atoms with van der Waals surface area (Å²) in [5.41, 5.74) is 2.51. The first kappa shape index (κ1) is 11.4. The molecule has 0 bridgehead atoms. The van der Waals surface area contributed by atoms with E-state index in [1.54, 1.807) is 12.4 Å². The Hall–Kier alpha value is -1.68. The fourth-order valence-electron chi connectivity index (χ4n) is 2.43. The van der Waals surface area contributed by atoms with Gasteiger partial charge in [-0.15, -0.1) is 0 Å². The van der Waals surface area contributed by atoms with Gasteiger partial charge in [0.05, 0.1) is 7.05 Å². The van der Waals surface area contributed by atoms with Gasteiger partial charge in [-0.25, -0.2) is 0 Å². The molecule has 1 unspecified atom stereocenters. The van der Waals surface area contributed by atoms with E-state index in [-0.39, 0.29) is 11.9 Å². The molecular formula is C13H13ClN3O+. The van der Waals surface area contributed by atoms with Crippen LogP contribution in [-0.4, -0.2) is 35.6 Å². The Morgan fingerprint density at radius 2 is 2.33 bits per heavy atom. The van der Waals surface area contributed by atoms with Crippen LogP contribution in [0.2, 0.25) is 5.02 Å². The van der Waals surface area contributed by atoms with Gasteiger partial charge in [0.1, 0.15) is 0 Å². The number of aliphatic imine (C=N–C) groups is 1. The molecule has 2 aliphatic rings. The molecule has 1 N–H and O–H groups in total. The minimum atomic E-state index is -0.121. The zero-order valence-electron chi connectivity index (χ0n) is 9.98. The third kappa shape index (κ3) is 1.82. The van der Waals surface area contributed by atoms with Crippen LogP contribution in [0.4, 0.5) is 5.69 Å². The van der Waals surface area contributed by atoms with E-state index in [9.17, 15) is 4.79 Å². The highest BCUT2D eigenvalue weighted by Crippen LogP contribution is 2.25.